The highest BCUT2D eigenvalue weighted by Crippen LogP contribution is 2.24. The van der Waals surface area contributed by atoms with Crippen molar-refractivity contribution in [1.29, 1.82) is 0 Å². The maximum Gasteiger partial charge on any atom is 0.573 e. The SMILES string of the molecule is Cc1ccc(C(C)C)c(C(=S)NC(=O)NCc2cccc(-c3ncn(-c4ccc(OC(F)(F)F)cc4)n3)c2)c1. The van der Waals surface area contributed by atoms with Crippen molar-refractivity contribution < 1.29 is 22.7 Å². The number of thiocarbonyl (C=S) groups is 1. The Balaban J connectivity index is 1.38. The lowest BCUT2D eigenvalue weighted by Crippen LogP contribution is -2.39. The second-order valence-corrected chi connectivity index (χ2v) is 9.55. The fourth-order valence-corrected chi connectivity index (χ4v) is 4.18. The maximum atomic E-state index is 12.6. The molecule has 1 aromatic heterocycles. The van der Waals surface area contributed by atoms with E-state index in [0.29, 0.717) is 22.1 Å². The van der Waals surface area contributed by atoms with Gasteiger partial charge in [0.15, 0.2) is 5.82 Å². The molecule has 0 bridgehead atoms. The van der Waals surface area contributed by atoms with Crippen LogP contribution in [0.15, 0.2) is 73.1 Å². The van der Waals surface area contributed by atoms with Crippen molar-refractivity contribution in [2.24, 2.45) is 0 Å². The smallest absolute Gasteiger partial charge is 0.406 e. The van der Waals surface area contributed by atoms with Gasteiger partial charge in [-0.3, -0.25) is 5.32 Å². The molecule has 0 atom stereocenters. The van der Waals surface area contributed by atoms with Crippen molar-refractivity contribution in [2.45, 2.75) is 39.6 Å². The third kappa shape index (κ3) is 7.41. The topological polar surface area (TPSA) is 81.1 Å². The van der Waals surface area contributed by atoms with Gasteiger partial charge < -0.3 is 10.1 Å². The Morgan fingerprint density at radius 1 is 1.08 bits per heavy atom. The van der Waals surface area contributed by atoms with Crippen molar-refractivity contribution in [3.8, 4) is 22.8 Å². The predicted molar refractivity (Wildman–Crippen MR) is 146 cm³/mol. The Kier molecular flexibility index (Phi) is 8.29. The molecule has 0 saturated carbocycles. The van der Waals surface area contributed by atoms with Gasteiger partial charge in [0.25, 0.3) is 0 Å². The normalized spacial score (nSPS) is 11.4. The molecule has 7 nitrogen and oxygen atoms in total. The number of urea groups is 1. The molecular weight excluding hydrogens is 527 g/mol. The number of aromatic nitrogens is 3. The largest absolute Gasteiger partial charge is 0.573 e. The number of nitrogens with zero attached hydrogens (tertiary/aromatic N) is 3. The van der Waals surface area contributed by atoms with Gasteiger partial charge >= 0.3 is 12.4 Å². The van der Waals surface area contributed by atoms with E-state index in [4.69, 9.17) is 12.2 Å². The molecule has 202 valence electrons. The highest BCUT2D eigenvalue weighted by atomic mass is 32.1. The molecule has 0 spiro atoms. The molecule has 4 rings (SSSR count). The Morgan fingerprint density at radius 2 is 1.82 bits per heavy atom. The number of carbonyl (C=O) groups is 1. The number of hydrogen-bond donors (Lipinski definition) is 2. The van der Waals surface area contributed by atoms with Crippen LogP contribution in [0.25, 0.3) is 17.1 Å². The van der Waals surface area contributed by atoms with Gasteiger partial charge in [0.1, 0.15) is 17.1 Å². The van der Waals surface area contributed by atoms with Crippen LogP contribution in [0.3, 0.4) is 0 Å². The van der Waals surface area contributed by atoms with Crippen molar-refractivity contribution in [3.63, 3.8) is 0 Å². The monoisotopic (exact) mass is 553 g/mol. The molecule has 0 aliphatic heterocycles. The number of rotatable bonds is 7. The number of halogens is 3. The first-order valence-electron chi connectivity index (χ1n) is 12.1. The quantitative estimate of drug-likeness (QED) is 0.258. The average molecular weight is 554 g/mol. The van der Waals surface area contributed by atoms with Crippen molar-refractivity contribution in [1.82, 2.24) is 25.4 Å². The molecule has 0 aliphatic rings. The van der Waals surface area contributed by atoms with Gasteiger partial charge in [-0.2, -0.15) is 0 Å². The summed E-state index contributed by atoms with van der Waals surface area (Å²) in [5.74, 6) is 0.348. The van der Waals surface area contributed by atoms with E-state index in [1.54, 1.807) is 0 Å². The molecule has 3 aromatic carbocycles. The first-order chi connectivity index (χ1) is 18.5. The molecule has 39 heavy (non-hydrogen) atoms. The van der Waals surface area contributed by atoms with Crippen molar-refractivity contribution >= 4 is 23.2 Å². The summed E-state index contributed by atoms with van der Waals surface area (Å²) in [5, 5.41) is 9.99. The second-order valence-electron chi connectivity index (χ2n) is 9.14. The van der Waals surface area contributed by atoms with Crippen LogP contribution >= 0.6 is 12.2 Å². The highest BCUT2D eigenvalue weighted by molar-refractivity contribution is 7.80. The van der Waals surface area contributed by atoms with E-state index in [1.807, 2.05) is 49.4 Å². The van der Waals surface area contributed by atoms with Gasteiger partial charge in [-0.1, -0.05) is 62.0 Å². The molecule has 0 aliphatic carbocycles. The zero-order chi connectivity index (χ0) is 28.2. The van der Waals surface area contributed by atoms with Crippen LogP contribution in [0.1, 0.15) is 42.0 Å². The highest BCUT2D eigenvalue weighted by Gasteiger charge is 2.31. The summed E-state index contributed by atoms with van der Waals surface area (Å²) in [5.41, 5.74) is 5.00. The minimum Gasteiger partial charge on any atom is -0.406 e. The lowest BCUT2D eigenvalue weighted by molar-refractivity contribution is -0.274. The van der Waals surface area contributed by atoms with Crippen LogP contribution < -0.4 is 15.4 Å². The standard InChI is InChI=1S/C28H26F3N5O2S/c1-17(2)23-12-7-18(3)13-24(23)26(39)34-27(37)32-15-19-5-4-6-20(14-19)25-33-16-36(35-25)21-8-10-22(11-9-21)38-28(29,30)31/h4-14,16-17H,15H2,1-3H3,(H2,32,34,37,39). The number of carbonyl (C=O) groups excluding carboxylic acids is 1. The fourth-order valence-electron chi connectivity index (χ4n) is 3.91. The van der Waals surface area contributed by atoms with Crippen LogP contribution in [0.2, 0.25) is 0 Å². The second kappa shape index (κ2) is 11.6. The molecule has 2 amide bonds. The Bertz CT molecular complexity index is 1480. The summed E-state index contributed by atoms with van der Waals surface area (Å²) >= 11 is 5.50. The summed E-state index contributed by atoms with van der Waals surface area (Å²) < 4.78 is 42.5. The first-order valence-corrected chi connectivity index (χ1v) is 12.5. The van der Waals surface area contributed by atoms with E-state index >= 15 is 0 Å². The maximum absolute atomic E-state index is 12.6. The van der Waals surface area contributed by atoms with Crippen LogP contribution in [-0.2, 0) is 6.54 Å². The molecule has 2 N–H and O–H groups in total. The summed E-state index contributed by atoms with van der Waals surface area (Å²) in [7, 11) is 0. The zero-order valence-corrected chi connectivity index (χ0v) is 22.2. The molecule has 0 fully saturated rings. The number of ether oxygens (including phenoxy) is 1. The van der Waals surface area contributed by atoms with E-state index < -0.39 is 12.4 Å². The van der Waals surface area contributed by atoms with Gasteiger partial charge in [0, 0.05) is 17.7 Å². The number of alkyl halides is 3. The Labute approximate surface area is 229 Å². The van der Waals surface area contributed by atoms with E-state index in [1.165, 1.54) is 35.3 Å². The third-order valence-corrected chi connectivity index (χ3v) is 6.09. The number of nitrogens with one attached hydrogen (secondary N) is 2. The van der Waals surface area contributed by atoms with Gasteiger partial charge in [0.05, 0.1) is 5.69 Å². The minimum absolute atomic E-state index is 0.245. The molecule has 1 heterocycles. The van der Waals surface area contributed by atoms with Crippen molar-refractivity contribution in [3.05, 3.63) is 95.3 Å². The van der Waals surface area contributed by atoms with Gasteiger partial charge in [-0.25, -0.2) is 14.5 Å². The third-order valence-electron chi connectivity index (χ3n) is 5.77. The Hall–Kier alpha value is -4.25. The molecule has 4 aromatic rings. The van der Waals surface area contributed by atoms with Gasteiger partial charge in [0.2, 0.25) is 0 Å². The summed E-state index contributed by atoms with van der Waals surface area (Å²) in [6.45, 7) is 6.37. The number of benzene rings is 3. The first kappa shape index (κ1) is 27.8. The summed E-state index contributed by atoms with van der Waals surface area (Å²) in [4.78, 5) is 17.2. The van der Waals surface area contributed by atoms with Crippen LogP contribution in [0.5, 0.6) is 5.75 Å². The number of hydrogen-bond acceptors (Lipinski definition) is 5. The predicted octanol–water partition coefficient (Wildman–Crippen LogP) is 6.44. The van der Waals surface area contributed by atoms with Gasteiger partial charge in [-0.05, 0) is 60.4 Å². The molecule has 0 radical (unpaired) electrons. The van der Waals surface area contributed by atoms with Crippen LogP contribution in [0, 0.1) is 6.92 Å². The Morgan fingerprint density at radius 3 is 2.51 bits per heavy atom. The number of aryl methyl sites for hydroxylation is 1. The molecular formula is C28H26F3N5O2S. The fraction of sp³-hybridized carbons (Fsp3) is 0.214. The van der Waals surface area contributed by atoms with E-state index in [0.717, 1.165) is 22.3 Å². The zero-order valence-electron chi connectivity index (χ0n) is 21.4. The molecule has 0 saturated heterocycles. The van der Waals surface area contributed by atoms with Gasteiger partial charge in [-0.15, -0.1) is 18.3 Å². The van der Waals surface area contributed by atoms with E-state index in [9.17, 15) is 18.0 Å². The number of amides is 2. The van der Waals surface area contributed by atoms with Crippen LogP contribution in [0.4, 0.5) is 18.0 Å². The van der Waals surface area contributed by atoms with Crippen molar-refractivity contribution in [2.75, 3.05) is 0 Å². The van der Waals surface area contributed by atoms with E-state index in [2.05, 4.69) is 39.3 Å². The van der Waals surface area contributed by atoms with E-state index in [-0.39, 0.29) is 18.2 Å². The van der Waals surface area contributed by atoms with Crippen LogP contribution in [-0.4, -0.2) is 32.1 Å². The molecule has 11 heteroatoms. The lowest BCUT2D eigenvalue weighted by atomic mass is 9.95. The molecule has 0 unspecified atom stereocenters. The summed E-state index contributed by atoms with van der Waals surface area (Å²) in [6, 6.07) is 18.3. The minimum atomic E-state index is -4.76. The average Bonchev–Trinajstić information content (AvgIpc) is 3.37. The lowest BCUT2D eigenvalue weighted by Gasteiger charge is -2.15. The summed E-state index contributed by atoms with van der Waals surface area (Å²) in [6.07, 6.45) is -3.29.